The average Bonchev–Trinajstić information content (AvgIpc) is 3.10. The molecule has 0 spiro atoms. The first-order valence-electron chi connectivity index (χ1n) is 15.4. The highest BCUT2D eigenvalue weighted by Gasteiger charge is 2.35. The zero-order valence-electron chi connectivity index (χ0n) is 27.1. The van der Waals surface area contributed by atoms with Crippen molar-refractivity contribution >= 4 is 50.7 Å². The molecule has 0 fully saturated rings. The topological polar surface area (TPSA) is 105 Å². The van der Waals surface area contributed by atoms with Crippen LogP contribution < -0.4 is 19.1 Å². The van der Waals surface area contributed by atoms with Crippen LogP contribution in [-0.2, 0) is 32.6 Å². The lowest BCUT2D eigenvalue weighted by Gasteiger charge is -2.34. The Morgan fingerprint density at radius 3 is 2.15 bits per heavy atom. The lowest BCUT2D eigenvalue weighted by molar-refractivity contribution is -0.140. The molecule has 0 aromatic heterocycles. The van der Waals surface area contributed by atoms with Crippen molar-refractivity contribution in [1.82, 2.24) is 10.2 Å². The number of nitrogens with one attached hydrogen (secondary N) is 1. The van der Waals surface area contributed by atoms with Crippen LogP contribution in [0, 0.1) is 0 Å². The molecule has 1 N–H and O–H groups in total. The quantitative estimate of drug-likeness (QED) is 0.129. The summed E-state index contributed by atoms with van der Waals surface area (Å²) in [5.74, 6) is -0.329. The normalized spacial score (nSPS) is 11.8. The predicted molar refractivity (Wildman–Crippen MR) is 189 cm³/mol. The minimum absolute atomic E-state index is 0.0157. The van der Waals surface area contributed by atoms with Gasteiger partial charge in [0.15, 0.2) is 11.5 Å². The third kappa shape index (κ3) is 9.21. The van der Waals surface area contributed by atoms with Crippen molar-refractivity contribution < 1.29 is 27.5 Å². The van der Waals surface area contributed by atoms with Crippen LogP contribution in [0.3, 0.4) is 0 Å². The van der Waals surface area contributed by atoms with Crippen molar-refractivity contribution in [2.75, 3.05) is 31.6 Å². The molecule has 0 bridgehead atoms. The molecule has 254 valence electrons. The van der Waals surface area contributed by atoms with Crippen molar-refractivity contribution in [2.24, 2.45) is 0 Å². The number of methoxy groups -OCH3 is 2. The standard InChI is InChI=1S/C36H39Cl2N3O6S/c1-4-5-20-39-36(43)32(21-26-12-8-6-9-13-26)40(24-27-16-17-28(37)22-31(27)38)35(42)25-41(48(44,45)30-14-10-7-11-15-30)29-18-19-33(46-2)34(23-29)47-3/h6-19,22-23,32H,4-5,20-21,24-25H2,1-3H3,(H,39,43)/t32-/m0/s1. The summed E-state index contributed by atoms with van der Waals surface area (Å²) in [5.41, 5.74) is 1.53. The van der Waals surface area contributed by atoms with Crippen LogP contribution in [-0.4, -0.2) is 58.5 Å². The molecule has 0 heterocycles. The summed E-state index contributed by atoms with van der Waals surface area (Å²) in [4.78, 5) is 29.9. The maximum atomic E-state index is 14.6. The van der Waals surface area contributed by atoms with Gasteiger partial charge in [-0.05, 0) is 53.9 Å². The molecule has 0 aliphatic heterocycles. The number of amides is 2. The van der Waals surface area contributed by atoms with Crippen LogP contribution in [0.1, 0.15) is 30.9 Å². The number of carbonyl (C=O) groups excluding carboxylic acids is 2. The number of rotatable bonds is 16. The first-order chi connectivity index (χ1) is 23.1. The first-order valence-corrected chi connectivity index (χ1v) is 17.6. The van der Waals surface area contributed by atoms with E-state index in [4.69, 9.17) is 32.7 Å². The number of hydrogen-bond donors (Lipinski definition) is 1. The van der Waals surface area contributed by atoms with Gasteiger partial charge in [-0.3, -0.25) is 13.9 Å². The van der Waals surface area contributed by atoms with E-state index in [1.807, 2.05) is 37.3 Å². The van der Waals surface area contributed by atoms with Crippen LogP contribution in [0.25, 0.3) is 0 Å². The Labute approximate surface area is 292 Å². The zero-order chi connectivity index (χ0) is 34.7. The number of nitrogens with zero attached hydrogens (tertiary/aromatic N) is 2. The molecule has 9 nitrogen and oxygen atoms in total. The smallest absolute Gasteiger partial charge is 0.264 e. The van der Waals surface area contributed by atoms with Crippen LogP contribution in [0.15, 0.2) is 102 Å². The number of sulfonamides is 1. The summed E-state index contributed by atoms with van der Waals surface area (Å²) in [5, 5.41) is 3.68. The molecule has 0 saturated carbocycles. The van der Waals surface area contributed by atoms with Gasteiger partial charge in [-0.1, -0.05) is 91.1 Å². The summed E-state index contributed by atoms with van der Waals surface area (Å²) in [6, 6.07) is 25.6. The van der Waals surface area contributed by atoms with Crippen LogP contribution in [0.4, 0.5) is 5.69 Å². The van der Waals surface area contributed by atoms with E-state index in [1.165, 1.54) is 43.4 Å². The molecule has 4 aromatic carbocycles. The van der Waals surface area contributed by atoms with Crippen molar-refractivity contribution in [1.29, 1.82) is 0 Å². The van der Waals surface area contributed by atoms with Gasteiger partial charge in [-0.2, -0.15) is 0 Å². The Bertz CT molecular complexity index is 1790. The zero-order valence-corrected chi connectivity index (χ0v) is 29.4. The van der Waals surface area contributed by atoms with Gasteiger partial charge in [0.25, 0.3) is 10.0 Å². The van der Waals surface area contributed by atoms with Gasteiger partial charge in [-0.25, -0.2) is 8.42 Å². The Balaban J connectivity index is 1.84. The number of carbonyl (C=O) groups is 2. The van der Waals surface area contributed by atoms with E-state index in [0.29, 0.717) is 27.9 Å². The van der Waals surface area contributed by atoms with Crippen molar-refractivity contribution in [3.05, 3.63) is 118 Å². The highest BCUT2D eigenvalue weighted by molar-refractivity contribution is 7.92. The molecule has 48 heavy (non-hydrogen) atoms. The SMILES string of the molecule is CCCCNC(=O)[C@H](Cc1ccccc1)N(Cc1ccc(Cl)cc1Cl)C(=O)CN(c1ccc(OC)c(OC)c1)S(=O)(=O)c1ccccc1. The molecule has 0 radical (unpaired) electrons. The van der Waals surface area contributed by atoms with E-state index in [1.54, 1.807) is 42.5 Å². The highest BCUT2D eigenvalue weighted by atomic mass is 35.5. The van der Waals surface area contributed by atoms with E-state index in [-0.39, 0.29) is 35.2 Å². The van der Waals surface area contributed by atoms with Crippen LogP contribution >= 0.6 is 23.2 Å². The fraction of sp³-hybridized carbons (Fsp3) is 0.278. The maximum absolute atomic E-state index is 14.6. The molecular weight excluding hydrogens is 673 g/mol. The Morgan fingerprint density at radius 2 is 1.52 bits per heavy atom. The Morgan fingerprint density at radius 1 is 0.854 bits per heavy atom. The third-order valence-electron chi connectivity index (χ3n) is 7.72. The fourth-order valence-electron chi connectivity index (χ4n) is 5.12. The fourth-order valence-corrected chi connectivity index (χ4v) is 7.02. The van der Waals surface area contributed by atoms with Crippen LogP contribution in [0.2, 0.25) is 10.0 Å². The molecule has 0 aliphatic carbocycles. The Hall–Kier alpha value is -4.25. The molecule has 12 heteroatoms. The summed E-state index contributed by atoms with van der Waals surface area (Å²) in [7, 11) is -1.38. The van der Waals surface area contributed by atoms with Gasteiger partial charge < -0.3 is 19.7 Å². The number of anilines is 1. The van der Waals surface area contributed by atoms with Crippen molar-refractivity contribution in [3.63, 3.8) is 0 Å². The number of hydrogen-bond acceptors (Lipinski definition) is 6. The third-order valence-corrected chi connectivity index (χ3v) is 10.1. The minimum atomic E-state index is -4.29. The summed E-state index contributed by atoms with van der Waals surface area (Å²) < 4.78 is 40.3. The molecular formula is C36H39Cl2N3O6S. The molecule has 2 amide bonds. The van der Waals surface area contributed by atoms with Gasteiger partial charge >= 0.3 is 0 Å². The number of benzene rings is 4. The lowest BCUT2D eigenvalue weighted by atomic mass is 10.0. The average molecular weight is 713 g/mol. The van der Waals surface area contributed by atoms with Gasteiger partial charge in [-0.15, -0.1) is 0 Å². The van der Waals surface area contributed by atoms with Crippen molar-refractivity contribution in [3.8, 4) is 11.5 Å². The van der Waals surface area contributed by atoms with E-state index < -0.39 is 28.5 Å². The molecule has 0 unspecified atom stereocenters. The number of unbranched alkanes of at least 4 members (excludes halogenated alkanes) is 1. The van der Waals surface area contributed by atoms with Gasteiger partial charge in [0.05, 0.1) is 24.8 Å². The number of halogens is 2. The van der Waals surface area contributed by atoms with Crippen molar-refractivity contribution in [2.45, 2.75) is 43.7 Å². The molecule has 4 rings (SSSR count). The minimum Gasteiger partial charge on any atom is -0.493 e. The summed E-state index contributed by atoms with van der Waals surface area (Å²) in [6.07, 6.45) is 1.80. The van der Waals surface area contributed by atoms with Gasteiger partial charge in [0, 0.05) is 35.6 Å². The Kier molecular flexibility index (Phi) is 13.1. The second-order valence-electron chi connectivity index (χ2n) is 11.0. The molecule has 0 saturated heterocycles. The second kappa shape index (κ2) is 17.2. The molecule has 1 atom stereocenters. The summed E-state index contributed by atoms with van der Waals surface area (Å²) in [6.45, 7) is 1.72. The molecule has 0 aliphatic rings. The highest BCUT2D eigenvalue weighted by Crippen LogP contribution is 2.34. The summed E-state index contributed by atoms with van der Waals surface area (Å²) >= 11 is 12.8. The van der Waals surface area contributed by atoms with Crippen LogP contribution in [0.5, 0.6) is 11.5 Å². The van der Waals surface area contributed by atoms with E-state index in [0.717, 1.165) is 22.7 Å². The van der Waals surface area contributed by atoms with Gasteiger partial charge in [0.2, 0.25) is 11.8 Å². The van der Waals surface area contributed by atoms with E-state index in [2.05, 4.69) is 5.32 Å². The maximum Gasteiger partial charge on any atom is 0.264 e. The van der Waals surface area contributed by atoms with E-state index in [9.17, 15) is 18.0 Å². The predicted octanol–water partition coefficient (Wildman–Crippen LogP) is 6.76. The van der Waals surface area contributed by atoms with Gasteiger partial charge in [0.1, 0.15) is 12.6 Å². The number of ether oxygens (including phenoxy) is 2. The monoisotopic (exact) mass is 711 g/mol. The van der Waals surface area contributed by atoms with E-state index >= 15 is 0 Å². The largest absolute Gasteiger partial charge is 0.493 e. The second-order valence-corrected chi connectivity index (χ2v) is 13.7. The molecule has 4 aromatic rings. The first kappa shape index (κ1) is 36.6. The lowest BCUT2D eigenvalue weighted by Crippen LogP contribution is -2.53.